The molecule has 0 saturated heterocycles. The van der Waals surface area contributed by atoms with E-state index < -0.39 is 0 Å². The Balaban J connectivity index is 2.35. The number of aromatic nitrogens is 1. The van der Waals surface area contributed by atoms with Gasteiger partial charge in [0.2, 0.25) is 0 Å². The standard InChI is InChI=1S/C12H11ClN2O2/c1-17-11(16)7-14-12-9-5-3-2-4-8(9)6-10(13)15-12/h2-6H,7H2,1H3,(H,14,15). The molecule has 1 aromatic heterocycles. The van der Waals surface area contributed by atoms with E-state index in [0.717, 1.165) is 10.8 Å². The second kappa shape index (κ2) is 5.01. The number of nitrogens with zero attached hydrogens (tertiary/aromatic N) is 1. The van der Waals surface area contributed by atoms with E-state index in [1.807, 2.05) is 24.3 Å². The van der Waals surface area contributed by atoms with Crippen LogP contribution in [-0.2, 0) is 9.53 Å². The molecule has 4 nitrogen and oxygen atoms in total. The number of hydrogen-bond donors (Lipinski definition) is 1. The molecule has 0 atom stereocenters. The third-order valence-electron chi connectivity index (χ3n) is 2.34. The number of pyridine rings is 1. The first-order valence-electron chi connectivity index (χ1n) is 5.06. The van der Waals surface area contributed by atoms with Crippen LogP contribution >= 0.6 is 11.6 Å². The van der Waals surface area contributed by atoms with E-state index >= 15 is 0 Å². The van der Waals surface area contributed by atoms with Gasteiger partial charge in [0.05, 0.1) is 7.11 Å². The molecule has 2 aromatic rings. The van der Waals surface area contributed by atoms with Gasteiger partial charge in [-0.1, -0.05) is 35.9 Å². The van der Waals surface area contributed by atoms with Gasteiger partial charge >= 0.3 is 5.97 Å². The van der Waals surface area contributed by atoms with Gasteiger partial charge < -0.3 is 10.1 Å². The van der Waals surface area contributed by atoms with Crippen molar-refractivity contribution in [1.82, 2.24) is 4.98 Å². The van der Waals surface area contributed by atoms with Crippen molar-refractivity contribution in [3.05, 3.63) is 35.5 Å². The molecule has 1 heterocycles. The van der Waals surface area contributed by atoms with Crippen LogP contribution in [0.25, 0.3) is 10.8 Å². The van der Waals surface area contributed by atoms with Gasteiger partial charge in [-0.05, 0) is 11.5 Å². The predicted molar refractivity (Wildman–Crippen MR) is 67.3 cm³/mol. The first kappa shape index (κ1) is 11.7. The van der Waals surface area contributed by atoms with Crippen LogP contribution in [0.3, 0.4) is 0 Å². The van der Waals surface area contributed by atoms with Crippen molar-refractivity contribution in [2.24, 2.45) is 0 Å². The van der Waals surface area contributed by atoms with Gasteiger partial charge in [-0.15, -0.1) is 0 Å². The van der Waals surface area contributed by atoms with Crippen molar-refractivity contribution in [1.29, 1.82) is 0 Å². The van der Waals surface area contributed by atoms with Crippen molar-refractivity contribution in [2.45, 2.75) is 0 Å². The van der Waals surface area contributed by atoms with E-state index in [1.54, 1.807) is 6.07 Å². The summed E-state index contributed by atoms with van der Waals surface area (Å²) in [6, 6.07) is 9.45. The number of nitrogens with one attached hydrogen (secondary N) is 1. The Hall–Kier alpha value is -1.81. The molecule has 0 unspecified atom stereocenters. The number of halogens is 1. The summed E-state index contributed by atoms with van der Waals surface area (Å²) in [4.78, 5) is 15.2. The summed E-state index contributed by atoms with van der Waals surface area (Å²) in [6.07, 6.45) is 0. The molecule has 88 valence electrons. The Kier molecular flexibility index (Phi) is 3.44. The number of hydrogen-bond acceptors (Lipinski definition) is 4. The Bertz CT molecular complexity index is 557. The first-order valence-corrected chi connectivity index (χ1v) is 5.44. The highest BCUT2D eigenvalue weighted by Gasteiger charge is 2.06. The van der Waals surface area contributed by atoms with Crippen LogP contribution in [0, 0.1) is 0 Å². The molecule has 0 radical (unpaired) electrons. The number of carbonyl (C=O) groups excluding carboxylic acids is 1. The SMILES string of the molecule is COC(=O)CNc1nc(Cl)cc2ccccc12. The lowest BCUT2D eigenvalue weighted by Crippen LogP contribution is -2.15. The third-order valence-corrected chi connectivity index (χ3v) is 2.53. The second-order valence-electron chi connectivity index (χ2n) is 3.44. The molecule has 0 aliphatic carbocycles. The summed E-state index contributed by atoms with van der Waals surface area (Å²) in [5.74, 6) is 0.231. The Morgan fingerprint density at radius 3 is 3.00 bits per heavy atom. The normalized spacial score (nSPS) is 10.2. The van der Waals surface area contributed by atoms with E-state index in [9.17, 15) is 4.79 Å². The van der Waals surface area contributed by atoms with Crippen LogP contribution in [0.15, 0.2) is 30.3 Å². The van der Waals surface area contributed by atoms with Crippen LogP contribution in [0.2, 0.25) is 5.15 Å². The fourth-order valence-electron chi connectivity index (χ4n) is 1.53. The van der Waals surface area contributed by atoms with E-state index in [-0.39, 0.29) is 12.5 Å². The topological polar surface area (TPSA) is 51.2 Å². The van der Waals surface area contributed by atoms with Gasteiger partial charge in [-0.3, -0.25) is 4.79 Å². The summed E-state index contributed by atoms with van der Waals surface area (Å²) >= 11 is 5.91. The summed E-state index contributed by atoms with van der Waals surface area (Å²) in [6.45, 7) is 0.0633. The van der Waals surface area contributed by atoms with Crippen molar-refractivity contribution in [3.8, 4) is 0 Å². The number of carbonyl (C=O) groups is 1. The van der Waals surface area contributed by atoms with Crippen LogP contribution in [-0.4, -0.2) is 24.6 Å². The van der Waals surface area contributed by atoms with Gasteiger partial charge in [0.25, 0.3) is 0 Å². The molecule has 5 heteroatoms. The number of anilines is 1. The maximum Gasteiger partial charge on any atom is 0.325 e. The minimum Gasteiger partial charge on any atom is -0.468 e. The zero-order chi connectivity index (χ0) is 12.3. The monoisotopic (exact) mass is 250 g/mol. The zero-order valence-electron chi connectivity index (χ0n) is 9.24. The molecule has 0 amide bonds. The smallest absolute Gasteiger partial charge is 0.325 e. The largest absolute Gasteiger partial charge is 0.468 e. The number of ether oxygens (including phenoxy) is 1. The van der Waals surface area contributed by atoms with Crippen molar-refractivity contribution < 1.29 is 9.53 Å². The lowest BCUT2D eigenvalue weighted by molar-refractivity contribution is -0.138. The highest BCUT2D eigenvalue weighted by molar-refractivity contribution is 6.30. The summed E-state index contributed by atoms with van der Waals surface area (Å²) < 4.78 is 4.55. The molecule has 0 bridgehead atoms. The van der Waals surface area contributed by atoms with Gasteiger partial charge in [-0.2, -0.15) is 0 Å². The second-order valence-corrected chi connectivity index (χ2v) is 3.83. The molecule has 0 fully saturated rings. The minimum atomic E-state index is -0.351. The Morgan fingerprint density at radius 1 is 1.47 bits per heavy atom. The molecular weight excluding hydrogens is 240 g/mol. The average molecular weight is 251 g/mol. The molecule has 0 saturated carbocycles. The molecule has 0 spiro atoms. The Labute approximate surface area is 104 Å². The minimum absolute atomic E-state index is 0.0633. The quantitative estimate of drug-likeness (QED) is 0.672. The van der Waals surface area contributed by atoms with Gasteiger partial charge in [0, 0.05) is 5.39 Å². The lowest BCUT2D eigenvalue weighted by atomic mass is 10.1. The molecular formula is C12H11ClN2O2. The first-order chi connectivity index (χ1) is 8.20. The highest BCUT2D eigenvalue weighted by atomic mass is 35.5. The van der Waals surface area contributed by atoms with Gasteiger partial charge in [0.15, 0.2) is 0 Å². The molecule has 17 heavy (non-hydrogen) atoms. The van der Waals surface area contributed by atoms with Crippen molar-refractivity contribution >= 4 is 34.2 Å². The average Bonchev–Trinajstić information content (AvgIpc) is 2.35. The van der Waals surface area contributed by atoms with E-state index in [4.69, 9.17) is 11.6 Å². The predicted octanol–water partition coefficient (Wildman–Crippen LogP) is 2.47. The number of fused-ring (bicyclic) bond motifs is 1. The van der Waals surface area contributed by atoms with Crippen molar-refractivity contribution in [2.75, 3.05) is 19.0 Å². The highest BCUT2D eigenvalue weighted by Crippen LogP contribution is 2.24. The maximum absolute atomic E-state index is 11.1. The number of benzene rings is 1. The number of esters is 1. The summed E-state index contributed by atoms with van der Waals surface area (Å²) in [7, 11) is 1.34. The van der Waals surface area contributed by atoms with Crippen molar-refractivity contribution in [3.63, 3.8) is 0 Å². The zero-order valence-corrected chi connectivity index (χ0v) is 9.99. The summed E-state index contributed by atoms with van der Waals surface area (Å²) in [5.41, 5.74) is 0. The molecule has 0 aliphatic rings. The van der Waals surface area contributed by atoms with E-state index in [2.05, 4.69) is 15.0 Å². The van der Waals surface area contributed by atoms with Crippen LogP contribution in [0.4, 0.5) is 5.82 Å². The lowest BCUT2D eigenvalue weighted by Gasteiger charge is -2.08. The summed E-state index contributed by atoms with van der Waals surface area (Å²) in [5, 5.41) is 5.18. The molecule has 1 N–H and O–H groups in total. The van der Waals surface area contributed by atoms with Crippen LogP contribution in [0.1, 0.15) is 0 Å². The fourth-order valence-corrected chi connectivity index (χ4v) is 1.73. The maximum atomic E-state index is 11.1. The van der Waals surface area contributed by atoms with Gasteiger partial charge in [0.1, 0.15) is 17.5 Å². The van der Waals surface area contributed by atoms with Crippen LogP contribution < -0.4 is 5.32 Å². The Morgan fingerprint density at radius 2 is 2.24 bits per heavy atom. The molecule has 1 aromatic carbocycles. The van der Waals surface area contributed by atoms with E-state index in [0.29, 0.717) is 11.0 Å². The fraction of sp³-hybridized carbons (Fsp3) is 0.167. The number of rotatable bonds is 3. The third kappa shape index (κ3) is 2.65. The molecule has 2 rings (SSSR count). The number of methoxy groups -OCH3 is 1. The molecule has 0 aliphatic heterocycles. The van der Waals surface area contributed by atoms with Crippen LogP contribution in [0.5, 0.6) is 0 Å². The van der Waals surface area contributed by atoms with Gasteiger partial charge in [-0.25, -0.2) is 4.98 Å². The van der Waals surface area contributed by atoms with E-state index in [1.165, 1.54) is 7.11 Å².